The maximum absolute atomic E-state index is 6.07. The lowest BCUT2D eigenvalue weighted by molar-refractivity contribution is 0.293. The van der Waals surface area contributed by atoms with Crippen molar-refractivity contribution >= 4 is 50.5 Å². The van der Waals surface area contributed by atoms with E-state index in [2.05, 4.69) is 52.2 Å². The Hall–Kier alpha value is -0.360. The smallest absolute Gasteiger partial charge is 0.170 e. The van der Waals surface area contributed by atoms with Gasteiger partial charge in [-0.05, 0) is 85.7 Å². The van der Waals surface area contributed by atoms with Crippen LogP contribution >= 0.6 is 39.7 Å². The molecule has 3 nitrogen and oxygen atoms in total. The Morgan fingerprint density at radius 3 is 2.64 bits per heavy atom. The van der Waals surface area contributed by atoms with Gasteiger partial charge in [-0.25, -0.2) is 0 Å². The first-order valence-corrected chi connectivity index (χ1v) is 9.29. The number of benzene rings is 1. The second-order valence-corrected chi connectivity index (χ2v) is 6.97. The molecule has 0 fully saturated rings. The van der Waals surface area contributed by atoms with Gasteiger partial charge in [-0.1, -0.05) is 25.4 Å². The minimum absolute atomic E-state index is 0.349. The first-order chi connectivity index (χ1) is 10.5. The van der Waals surface area contributed by atoms with Gasteiger partial charge < -0.3 is 15.5 Å². The van der Waals surface area contributed by atoms with E-state index in [-0.39, 0.29) is 0 Å². The molecule has 1 unspecified atom stereocenters. The van der Waals surface area contributed by atoms with Gasteiger partial charge in [0.1, 0.15) is 0 Å². The molecule has 0 amide bonds. The van der Waals surface area contributed by atoms with E-state index in [1.165, 1.54) is 6.42 Å². The molecule has 6 heteroatoms. The summed E-state index contributed by atoms with van der Waals surface area (Å²) in [7, 11) is 0. The van der Waals surface area contributed by atoms with Crippen LogP contribution in [0.1, 0.15) is 33.6 Å². The summed E-state index contributed by atoms with van der Waals surface area (Å²) in [5, 5.41) is 7.79. The van der Waals surface area contributed by atoms with Crippen molar-refractivity contribution in [3.63, 3.8) is 0 Å². The number of hydrogen-bond acceptors (Lipinski definition) is 2. The van der Waals surface area contributed by atoms with Crippen molar-refractivity contribution in [3.05, 3.63) is 27.7 Å². The monoisotopic (exact) mass is 405 g/mol. The van der Waals surface area contributed by atoms with E-state index < -0.39 is 0 Å². The minimum atomic E-state index is 0.349. The molecule has 1 atom stereocenters. The molecule has 0 heterocycles. The van der Waals surface area contributed by atoms with Crippen LogP contribution in [-0.4, -0.2) is 35.7 Å². The Balaban J connectivity index is 2.33. The number of halogens is 2. The van der Waals surface area contributed by atoms with Crippen molar-refractivity contribution in [2.45, 2.75) is 39.7 Å². The van der Waals surface area contributed by atoms with E-state index in [1.807, 2.05) is 18.2 Å². The third-order valence-electron chi connectivity index (χ3n) is 3.56. The fourth-order valence-corrected chi connectivity index (χ4v) is 2.94. The SMILES string of the molecule is CCN(CC)CCCC(C)NC(=S)Nc1ccc(Br)c(Cl)c1. The van der Waals surface area contributed by atoms with Crippen LogP contribution in [0.2, 0.25) is 5.02 Å². The lowest BCUT2D eigenvalue weighted by Gasteiger charge is -2.20. The normalized spacial score (nSPS) is 12.3. The van der Waals surface area contributed by atoms with Crippen molar-refractivity contribution < 1.29 is 0 Å². The summed E-state index contributed by atoms with van der Waals surface area (Å²) in [6.45, 7) is 9.93. The number of thiocarbonyl (C=S) groups is 1. The topological polar surface area (TPSA) is 27.3 Å². The van der Waals surface area contributed by atoms with Crippen molar-refractivity contribution in [1.82, 2.24) is 10.2 Å². The molecule has 0 aromatic heterocycles. The van der Waals surface area contributed by atoms with Crippen LogP contribution in [0.5, 0.6) is 0 Å². The Kier molecular flexibility index (Phi) is 9.33. The summed E-state index contributed by atoms with van der Waals surface area (Å²) in [5.41, 5.74) is 0.890. The Morgan fingerprint density at radius 1 is 1.36 bits per heavy atom. The van der Waals surface area contributed by atoms with Gasteiger partial charge >= 0.3 is 0 Å². The van der Waals surface area contributed by atoms with Crippen molar-refractivity contribution in [2.75, 3.05) is 25.0 Å². The number of rotatable bonds is 8. The van der Waals surface area contributed by atoms with Crippen LogP contribution in [0, 0.1) is 0 Å². The zero-order valence-corrected chi connectivity index (χ0v) is 16.6. The summed E-state index contributed by atoms with van der Waals surface area (Å²) >= 11 is 14.8. The van der Waals surface area contributed by atoms with Crippen LogP contribution in [0.4, 0.5) is 5.69 Å². The lowest BCUT2D eigenvalue weighted by atomic mass is 10.2. The van der Waals surface area contributed by atoms with Gasteiger partial charge in [0.2, 0.25) is 0 Å². The van der Waals surface area contributed by atoms with Gasteiger partial charge in [-0.2, -0.15) is 0 Å². The first kappa shape index (κ1) is 19.7. The Bertz CT molecular complexity index is 480. The predicted octanol–water partition coefficient (Wildman–Crippen LogP) is 4.90. The van der Waals surface area contributed by atoms with Gasteiger partial charge in [0.15, 0.2) is 5.11 Å². The lowest BCUT2D eigenvalue weighted by Crippen LogP contribution is -2.36. The zero-order chi connectivity index (χ0) is 16.5. The van der Waals surface area contributed by atoms with Gasteiger partial charge in [0.25, 0.3) is 0 Å². The van der Waals surface area contributed by atoms with Crippen molar-refractivity contribution in [3.8, 4) is 0 Å². The molecule has 22 heavy (non-hydrogen) atoms. The highest BCUT2D eigenvalue weighted by atomic mass is 79.9. The largest absolute Gasteiger partial charge is 0.360 e. The molecule has 0 aliphatic heterocycles. The number of nitrogens with zero attached hydrogens (tertiary/aromatic N) is 1. The molecule has 0 saturated heterocycles. The van der Waals surface area contributed by atoms with E-state index in [1.54, 1.807) is 0 Å². The maximum Gasteiger partial charge on any atom is 0.170 e. The van der Waals surface area contributed by atoms with Gasteiger partial charge in [-0.15, -0.1) is 0 Å². The van der Waals surface area contributed by atoms with Crippen molar-refractivity contribution in [1.29, 1.82) is 0 Å². The number of anilines is 1. The van der Waals surface area contributed by atoms with Gasteiger partial charge in [0, 0.05) is 16.2 Å². The highest BCUT2D eigenvalue weighted by Gasteiger charge is 2.07. The molecule has 1 rings (SSSR count). The summed E-state index contributed by atoms with van der Waals surface area (Å²) in [6, 6.07) is 6.04. The molecule has 0 saturated carbocycles. The van der Waals surface area contributed by atoms with E-state index in [4.69, 9.17) is 23.8 Å². The Morgan fingerprint density at radius 2 is 2.05 bits per heavy atom. The van der Waals surface area contributed by atoms with Crippen LogP contribution in [0.25, 0.3) is 0 Å². The molecule has 1 aromatic carbocycles. The highest BCUT2D eigenvalue weighted by molar-refractivity contribution is 9.10. The van der Waals surface area contributed by atoms with E-state index in [0.29, 0.717) is 16.2 Å². The van der Waals surface area contributed by atoms with Crippen LogP contribution < -0.4 is 10.6 Å². The highest BCUT2D eigenvalue weighted by Crippen LogP contribution is 2.25. The maximum atomic E-state index is 6.07. The third kappa shape index (κ3) is 7.27. The molecule has 0 aliphatic carbocycles. The Labute approximate surface area is 152 Å². The number of hydrogen-bond donors (Lipinski definition) is 2. The second kappa shape index (κ2) is 10.4. The molecule has 0 bridgehead atoms. The molecule has 1 aromatic rings. The minimum Gasteiger partial charge on any atom is -0.360 e. The van der Waals surface area contributed by atoms with E-state index in [9.17, 15) is 0 Å². The number of nitrogens with one attached hydrogen (secondary N) is 2. The fraction of sp³-hybridized carbons (Fsp3) is 0.562. The average molecular weight is 407 g/mol. The summed E-state index contributed by atoms with van der Waals surface area (Å²) < 4.78 is 0.878. The first-order valence-electron chi connectivity index (χ1n) is 7.71. The zero-order valence-electron chi connectivity index (χ0n) is 13.5. The van der Waals surface area contributed by atoms with Gasteiger partial charge in [-0.3, -0.25) is 0 Å². The molecular weight excluding hydrogens is 382 g/mol. The van der Waals surface area contributed by atoms with Crippen molar-refractivity contribution in [2.24, 2.45) is 0 Å². The van der Waals surface area contributed by atoms with E-state index in [0.717, 1.165) is 36.2 Å². The van der Waals surface area contributed by atoms with Gasteiger partial charge in [0.05, 0.1) is 5.02 Å². The standard InChI is InChI=1S/C16H25BrClN3S/c1-4-21(5-2)10-6-7-12(3)19-16(22)20-13-8-9-14(17)15(18)11-13/h8-9,11-12H,4-7,10H2,1-3H3,(H2,19,20,22). The molecule has 0 radical (unpaired) electrons. The molecule has 2 N–H and O–H groups in total. The fourth-order valence-electron chi connectivity index (χ4n) is 2.20. The predicted molar refractivity (Wildman–Crippen MR) is 105 cm³/mol. The third-order valence-corrected chi connectivity index (χ3v) is 5.01. The van der Waals surface area contributed by atoms with E-state index >= 15 is 0 Å². The molecular formula is C16H25BrClN3S. The summed E-state index contributed by atoms with van der Waals surface area (Å²) in [5.74, 6) is 0. The van der Waals surface area contributed by atoms with Crippen LogP contribution in [-0.2, 0) is 0 Å². The summed E-state index contributed by atoms with van der Waals surface area (Å²) in [6.07, 6.45) is 2.27. The summed E-state index contributed by atoms with van der Waals surface area (Å²) in [4.78, 5) is 2.44. The second-order valence-electron chi connectivity index (χ2n) is 5.30. The average Bonchev–Trinajstić information content (AvgIpc) is 2.47. The van der Waals surface area contributed by atoms with Crippen LogP contribution in [0.15, 0.2) is 22.7 Å². The quantitative estimate of drug-likeness (QED) is 0.600. The molecule has 124 valence electrons. The molecule has 0 aliphatic rings. The van der Waals surface area contributed by atoms with Crippen LogP contribution in [0.3, 0.4) is 0 Å². The molecule has 0 spiro atoms.